The van der Waals surface area contributed by atoms with Gasteiger partial charge in [0.05, 0.1) is 31.7 Å². The number of carbonyl (C=O) groups excluding carboxylic acids is 3. The van der Waals surface area contributed by atoms with E-state index in [1.54, 1.807) is 35.2 Å². The van der Waals surface area contributed by atoms with Crippen LogP contribution < -0.4 is 10.6 Å². The first-order chi connectivity index (χ1) is 26.4. The highest BCUT2D eigenvalue weighted by Gasteiger charge is 2.32. The van der Waals surface area contributed by atoms with Crippen molar-refractivity contribution in [3.8, 4) is 0 Å². The quantitative estimate of drug-likeness (QED) is 0.156. The van der Waals surface area contributed by atoms with Gasteiger partial charge in [-0.2, -0.15) is 0 Å². The second-order valence-electron chi connectivity index (χ2n) is 13.5. The van der Waals surface area contributed by atoms with Crippen molar-refractivity contribution in [1.82, 2.24) is 15.5 Å². The van der Waals surface area contributed by atoms with Gasteiger partial charge in [-0.3, -0.25) is 14.4 Å². The summed E-state index contributed by atoms with van der Waals surface area (Å²) in [7, 11) is -7.26. The molecule has 3 amide bonds. The van der Waals surface area contributed by atoms with Crippen LogP contribution in [0.25, 0.3) is 11.0 Å². The molecule has 292 valence electrons. The fourth-order valence-electron chi connectivity index (χ4n) is 6.49. The van der Waals surface area contributed by atoms with Gasteiger partial charge in [-0.05, 0) is 77.2 Å². The Balaban J connectivity index is 1.26. The molecule has 0 bridgehead atoms. The van der Waals surface area contributed by atoms with E-state index >= 15 is 0 Å². The van der Waals surface area contributed by atoms with Gasteiger partial charge in [0, 0.05) is 49.4 Å². The third kappa shape index (κ3) is 9.07. The first-order valence-corrected chi connectivity index (χ1v) is 21.6. The van der Waals surface area contributed by atoms with Crippen LogP contribution in [-0.4, -0.2) is 81.7 Å². The Bertz CT molecular complexity index is 2630. The number of aliphatic carboxylic acids is 1. The number of rotatable bonds is 12. The van der Waals surface area contributed by atoms with Crippen LogP contribution in [0.2, 0.25) is 10.0 Å². The van der Waals surface area contributed by atoms with E-state index in [1.165, 1.54) is 54.8 Å². The Kier molecular flexibility index (Phi) is 11.6. The number of halogens is 2. The summed E-state index contributed by atoms with van der Waals surface area (Å²) in [6, 6.07) is 16.8. The molecule has 6 rings (SSSR count). The lowest BCUT2D eigenvalue weighted by Crippen LogP contribution is -2.53. The first kappa shape index (κ1) is 40.4. The average Bonchev–Trinajstić information content (AvgIpc) is 3.61. The third-order valence-electron chi connectivity index (χ3n) is 9.39. The molecule has 56 heavy (non-hydrogen) atoms. The van der Waals surface area contributed by atoms with Crippen molar-refractivity contribution in [3.63, 3.8) is 0 Å². The van der Waals surface area contributed by atoms with Gasteiger partial charge in [0.1, 0.15) is 17.7 Å². The molecule has 1 aliphatic rings. The van der Waals surface area contributed by atoms with Crippen LogP contribution in [-0.2, 0) is 55.1 Å². The van der Waals surface area contributed by atoms with Crippen molar-refractivity contribution in [1.29, 1.82) is 0 Å². The molecule has 0 spiro atoms. The van der Waals surface area contributed by atoms with Crippen molar-refractivity contribution in [2.75, 3.05) is 19.1 Å². The Morgan fingerprint density at radius 2 is 1.45 bits per heavy atom. The number of carboxylic acids is 1. The minimum absolute atomic E-state index is 0.0153. The number of carbonyl (C=O) groups is 4. The van der Waals surface area contributed by atoms with Gasteiger partial charge >= 0.3 is 5.97 Å². The van der Waals surface area contributed by atoms with E-state index in [-0.39, 0.29) is 63.7 Å². The van der Waals surface area contributed by atoms with Crippen molar-refractivity contribution in [2.24, 2.45) is 0 Å². The molecule has 0 saturated carbocycles. The van der Waals surface area contributed by atoms with Gasteiger partial charge in [-0.1, -0.05) is 53.5 Å². The van der Waals surface area contributed by atoms with Crippen LogP contribution in [0, 0.1) is 0 Å². The second-order valence-corrected chi connectivity index (χ2v) is 18.3. The minimum Gasteiger partial charge on any atom is -0.480 e. The fourth-order valence-corrected chi connectivity index (χ4v) is 8.64. The highest BCUT2D eigenvalue weighted by atomic mass is 35.5. The number of carboxylic acid groups (broad SMARTS) is 1. The summed E-state index contributed by atoms with van der Waals surface area (Å²) in [5.74, 6) is -3.45. The molecule has 2 unspecified atom stereocenters. The topological polar surface area (TPSA) is 197 Å². The van der Waals surface area contributed by atoms with Crippen molar-refractivity contribution in [2.45, 2.75) is 47.7 Å². The Morgan fingerprint density at radius 1 is 0.821 bits per heavy atom. The summed E-state index contributed by atoms with van der Waals surface area (Å²) in [6.07, 6.45) is 3.28. The molecule has 1 aromatic heterocycles. The zero-order chi connectivity index (χ0) is 40.5. The zero-order valence-corrected chi connectivity index (χ0v) is 33.1. The number of sulfone groups is 2. The molecule has 0 fully saturated rings. The maximum absolute atomic E-state index is 14.0. The lowest BCUT2D eigenvalue weighted by atomic mass is 9.95. The number of furan rings is 1. The molecular formula is C39H35Cl2N3O10S2. The maximum atomic E-state index is 14.0. The maximum Gasteiger partial charge on any atom is 0.326 e. The molecule has 1 aliphatic heterocycles. The highest BCUT2D eigenvalue weighted by molar-refractivity contribution is 7.91. The summed E-state index contributed by atoms with van der Waals surface area (Å²) in [6.45, 7) is 0.424. The number of benzene rings is 4. The van der Waals surface area contributed by atoms with Crippen molar-refractivity contribution >= 4 is 77.5 Å². The van der Waals surface area contributed by atoms with E-state index < -0.39 is 49.5 Å². The summed E-state index contributed by atoms with van der Waals surface area (Å²) in [5.41, 5.74) is 2.70. The van der Waals surface area contributed by atoms with Gasteiger partial charge < -0.3 is 25.1 Å². The van der Waals surface area contributed by atoms with Gasteiger partial charge in [-0.15, -0.1) is 0 Å². The van der Waals surface area contributed by atoms with Crippen LogP contribution in [0.5, 0.6) is 0 Å². The van der Waals surface area contributed by atoms with E-state index in [4.69, 9.17) is 27.6 Å². The molecule has 0 radical (unpaired) electrons. The number of nitrogens with one attached hydrogen (secondary N) is 2. The predicted molar refractivity (Wildman–Crippen MR) is 208 cm³/mol. The normalized spacial score (nSPS) is 14.1. The molecule has 5 aromatic rings. The fraction of sp³-hybridized carbons (Fsp3) is 0.231. The monoisotopic (exact) mass is 839 g/mol. The van der Waals surface area contributed by atoms with Gasteiger partial charge in [0.25, 0.3) is 11.8 Å². The predicted octanol–water partition coefficient (Wildman–Crippen LogP) is 4.90. The molecule has 2 heterocycles. The number of hydrogen-bond donors (Lipinski definition) is 3. The standard InChI is InChI=1S/C39H35Cl2N3O10S2/c1-55(50,51)27-7-3-5-22(15-27)17-31(36(45)43-32(39(48)49)18-23-6-4-8-28(16-23)56(2,52)53)42-37(46)34-30(40)19-26-21-44(13-11-29(26)35(34)41)38(47)25-10-9-24-12-14-54-33(24)20-25/h3-10,12,14-16,19-20,31-32H,11,13,17-18,21H2,1-2H3,(H,42,46)(H,43,45)(H,48,49). The highest BCUT2D eigenvalue weighted by Crippen LogP contribution is 2.35. The number of hydrogen-bond acceptors (Lipinski definition) is 9. The number of amides is 3. The SMILES string of the molecule is CS(=O)(=O)c1cccc(CC(NC(=O)C(Cc2cccc(S(C)(=O)=O)c2)NC(=O)c2c(Cl)cc3c(c2Cl)CCN(C(=O)c2ccc4ccoc4c2)C3)C(=O)O)c1. The van der Waals surface area contributed by atoms with Crippen LogP contribution >= 0.6 is 23.2 Å². The Morgan fingerprint density at radius 3 is 2.05 bits per heavy atom. The van der Waals surface area contributed by atoms with Gasteiger partial charge in [0.15, 0.2) is 19.7 Å². The smallest absolute Gasteiger partial charge is 0.326 e. The molecule has 17 heteroatoms. The molecule has 0 aliphatic carbocycles. The van der Waals surface area contributed by atoms with E-state index in [0.717, 1.165) is 17.9 Å². The van der Waals surface area contributed by atoms with E-state index in [1.807, 2.05) is 0 Å². The first-order valence-electron chi connectivity index (χ1n) is 17.1. The van der Waals surface area contributed by atoms with Gasteiger partial charge in [0.2, 0.25) is 5.91 Å². The third-order valence-corrected chi connectivity index (χ3v) is 12.3. The summed E-state index contributed by atoms with van der Waals surface area (Å²) in [5, 5.41) is 15.9. The molecule has 3 N–H and O–H groups in total. The summed E-state index contributed by atoms with van der Waals surface area (Å²) < 4.78 is 54.2. The zero-order valence-electron chi connectivity index (χ0n) is 29.9. The Labute approximate surface area is 332 Å². The van der Waals surface area contributed by atoms with Crippen LogP contribution in [0.3, 0.4) is 0 Å². The lowest BCUT2D eigenvalue weighted by molar-refractivity contribution is -0.142. The molecule has 4 aromatic carbocycles. The largest absolute Gasteiger partial charge is 0.480 e. The molecule has 2 atom stereocenters. The molecule has 13 nitrogen and oxygen atoms in total. The second kappa shape index (κ2) is 16.1. The van der Waals surface area contributed by atoms with Crippen LogP contribution in [0.15, 0.2) is 99.3 Å². The van der Waals surface area contributed by atoms with Gasteiger partial charge in [-0.25, -0.2) is 21.6 Å². The average molecular weight is 841 g/mol. The molecule has 0 saturated heterocycles. The van der Waals surface area contributed by atoms with Crippen molar-refractivity contribution < 1.29 is 45.5 Å². The van der Waals surface area contributed by atoms with Crippen LogP contribution in [0.1, 0.15) is 43.0 Å². The van der Waals surface area contributed by atoms with E-state index in [2.05, 4.69) is 10.6 Å². The van der Waals surface area contributed by atoms with E-state index in [9.17, 15) is 41.1 Å². The molecular weight excluding hydrogens is 805 g/mol. The number of nitrogens with zero attached hydrogens (tertiary/aromatic N) is 1. The minimum atomic E-state index is -3.65. The summed E-state index contributed by atoms with van der Waals surface area (Å²) in [4.78, 5) is 55.2. The lowest BCUT2D eigenvalue weighted by Gasteiger charge is -2.30. The Hall–Kier alpha value is -5.22. The number of fused-ring (bicyclic) bond motifs is 2. The van der Waals surface area contributed by atoms with E-state index in [0.29, 0.717) is 33.4 Å². The summed E-state index contributed by atoms with van der Waals surface area (Å²) >= 11 is 13.5. The van der Waals surface area contributed by atoms with Crippen LogP contribution in [0.4, 0.5) is 0 Å². The van der Waals surface area contributed by atoms with Crippen molar-refractivity contribution in [3.05, 3.63) is 129 Å².